The van der Waals surface area contributed by atoms with Crippen LogP contribution in [0.25, 0.3) is 0 Å². The molecule has 2 unspecified atom stereocenters. The average molecular weight is 278 g/mol. The van der Waals surface area contributed by atoms with Crippen LogP contribution in [0.4, 0.5) is 4.79 Å². The van der Waals surface area contributed by atoms with E-state index in [1.807, 2.05) is 31.1 Å². The van der Waals surface area contributed by atoms with Gasteiger partial charge in [-0.2, -0.15) is 0 Å². The van der Waals surface area contributed by atoms with Gasteiger partial charge in [0, 0.05) is 31.8 Å². The highest BCUT2D eigenvalue weighted by Gasteiger charge is 2.48. The first kappa shape index (κ1) is 14.6. The molecule has 1 aliphatic heterocycles. The number of allylic oxidation sites excluding steroid dienone is 1. The first-order valence-corrected chi connectivity index (χ1v) is 6.82. The maximum absolute atomic E-state index is 12.5. The molecule has 0 aromatic heterocycles. The smallest absolute Gasteiger partial charge is 0.417 e. The van der Waals surface area contributed by atoms with Crippen molar-refractivity contribution in [3.8, 4) is 0 Å². The molecular formula is C15H22N2O3. The molecule has 5 heteroatoms. The lowest BCUT2D eigenvalue weighted by Gasteiger charge is -2.25. The molecule has 0 spiro atoms. The van der Waals surface area contributed by atoms with Crippen LogP contribution in [-0.4, -0.2) is 47.5 Å². The molecule has 2 amide bonds. The van der Waals surface area contributed by atoms with E-state index in [1.54, 1.807) is 27.0 Å². The highest BCUT2D eigenvalue weighted by atomic mass is 16.6. The van der Waals surface area contributed by atoms with Gasteiger partial charge in [-0.25, -0.2) is 9.69 Å². The van der Waals surface area contributed by atoms with Gasteiger partial charge in [-0.05, 0) is 27.2 Å². The van der Waals surface area contributed by atoms with Crippen molar-refractivity contribution in [2.24, 2.45) is 5.92 Å². The zero-order valence-corrected chi connectivity index (χ0v) is 12.7. The van der Waals surface area contributed by atoms with Gasteiger partial charge in [0.2, 0.25) is 0 Å². The number of nitrogens with zero attached hydrogens (tertiary/aromatic N) is 2. The van der Waals surface area contributed by atoms with Gasteiger partial charge < -0.3 is 9.64 Å². The summed E-state index contributed by atoms with van der Waals surface area (Å²) in [5.74, 6) is -0.190. The minimum atomic E-state index is -0.608. The first-order chi connectivity index (χ1) is 9.20. The van der Waals surface area contributed by atoms with Crippen LogP contribution in [0.3, 0.4) is 0 Å². The second-order valence-electron chi connectivity index (χ2n) is 6.46. The second-order valence-corrected chi connectivity index (χ2v) is 6.46. The lowest BCUT2D eigenvalue weighted by molar-refractivity contribution is -0.124. The average Bonchev–Trinajstić information content (AvgIpc) is 2.79. The number of likely N-dealkylation sites (tertiary alicyclic amines) is 1. The standard InChI is InChI=1S/C15H22N2O3/c1-15(2,3)20-14(19)17-12-8-6-7-10(12)11(13(17)18)9-16(4)5/h6,8-10,12H,7H2,1-5H3/b11-9-. The number of fused-ring (bicyclic) bond motifs is 1. The fourth-order valence-corrected chi connectivity index (χ4v) is 2.59. The highest BCUT2D eigenvalue weighted by Crippen LogP contribution is 2.38. The molecule has 0 radical (unpaired) electrons. The Labute approximate surface area is 119 Å². The Morgan fingerprint density at radius 1 is 1.45 bits per heavy atom. The maximum atomic E-state index is 12.5. The number of carbonyl (C=O) groups excluding carboxylic acids is 2. The largest absolute Gasteiger partial charge is 0.443 e. The molecule has 0 bridgehead atoms. The summed E-state index contributed by atoms with van der Waals surface area (Å²) < 4.78 is 5.34. The van der Waals surface area contributed by atoms with Gasteiger partial charge in [0.1, 0.15) is 5.60 Å². The van der Waals surface area contributed by atoms with E-state index in [0.29, 0.717) is 5.57 Å². The summed E-state index contributed by atoms with van der Waals surface area (Å²) in [5, 5.41) is 0. The van der Waals surface area contributed by atoms with Crippen LogP contribution in [0, 0.1) is 5.92 Å². The minimum absolute atomic E-state index is 0.0532. The Balaban J connectivity index is 2.28. The third-order valence-corrected chi connectivity index (χ3v) is 3.29. The van der Waals surface area contributed by atoms with Crippen LogP contribution in [0.1, 0.15) is 27.2 Å². The predicted molar refractivity (Wildman–Crippen MR) is 75.9 cm³/mol. The van der Waals surface area contributed by atoms with Gasteiger partial charge in [-0.3, -0.25) is 4.79 Å². The molecule has 0 saturated carbocycles. The van der Waals surface area contributed by atoms with Crippen LogP contribution in [0.5, 0.6) is 0 Å². The van der Waals surface area contributed by atoms with Crippen LogP contribution in [0.2, 0.25) is 0 Å². The summed E-state index contributed by atoms with van der Waals surface area (Å²) in [7, 11) is 3.74. The van der Waals surface area contributed by atoms with Crippen molar-refractivity contribution in [3.63, 3.8) is 0 Å². The van der Waals surface area contributed by atoms with Crippen LogP contribution in [-0.2, 0) is 9.53 Å². The molecule has 1 fully saturated rings. The number of imide groups is 1. The number of rotatable bonds is 1. The molecule has 1 heterocycles. The highest BCUT2D eigenvalue weighted by molar-refractivity contribution is 6.06. The Morgan fingerprint density at radius 2 is 2.10 bits per heavy atom. The summed E-state index contributed by atoms with van der Waals surface area (Å²) in [6, 6.07) is -0.205. The Bertz CT molecular complexity index is 486. The van der Waals surface area contributed by atoms with Gasteiger partial charge in [0.25, 0.3) is 5.91 Å². The zero-order chi connectivity index (χ0) is 15.1. The van der Waals surface area contributed by atoms with Crippen LogP contribution in [0.15, 0.2) is 23.9 Å². The van der Waals surface area contributed by atoms with Gasteiger partial charge in [-0.1, -0.05) is 12.2 Å². The molecule has 20 heavy (non-hydrogen) atoms. The van der Waals surface area contributed by atoms with Gasteiger partial charge >= 0.3 is 6.09 Å². The van der Waals surface area contributed by atoms with Gasteiger partial charge in [0.15, 0.2) is 0 Å². The number of carbonyl (C=O) groups is 2. The van der Waals surface area contributed by atoms with Crippen molar-refractivity contribution < 1.29 is 14.3 Å². The SMILES string of the molecule is CN(C)/C=C1\C(=O)N(C(=O)OC(C)(C)C)C2C=CCC12. The van der Waals surface area contributed by atoms with E-state index < -0.39 is 11.7 Å². The van der Waals surface area contributed by atoms with E-state index >= 15 is 0 Å². The molecule has 0 aromatic carbocycles. The number of ether oxygens (including phenoxy) is 1. The van der Waals surface area contributed by atoms with E-state index in [0.717, 1.165) is 6.42 Å². The molecule has 2 rings (SSSR count). The molecular weight excluding hydrogens is 256 g/mol. The lowest BCUT2D eigenvalue weighted by atomic mass is 9.98. The predicted octanol–water partition coefficient (Wildman–Crippen LogP) is 2.15. The second kappa shape index (κ2) is 4.96. The van der Waals surface area contributed by atoms with Crippen LogP contribution >= 0.6 is 0 Å². The van der Waals surface area contributed by atoms with E-state index in [4.69, 9.17) is 4.74 Å². The van der Waals surface area contributed by atoms with E-state index in [9.17, 15) is 9.59 Å². The summed E-state index contributed by atoms with van der Waals surface area (Å²) in [6.45, 7) is 5.39. The van der Waals surface area contributed by atoms with Crippen molar-refractivity contribution in [1.29, 1.82) is 0 Å². The fraction of sp³-hybridized carbons (Fsp3) is 0.600. The summed E-state index contributed by atoms with van der Waals surface area (Å²) >= 11 is 0. The summed E-state index contributed by atoms with van der Waals surface area (Å²) in [6.07, 6.45) is 5.96. The molecule has 1 saturated heterocycles. The van der Waals surface area contributed by atoms with E-state index in [2.05, 4.69) is 0 Å². The van der Waals surface area contributed by atoms with Crippen LogP contribution < -0.4 is 0 Å². The summed E-state index contributed by atoms with van der Waals surface area (Å²) in [4.78, 5) is 27.8. The molecule has 2 aliphatic rings. The van der Waals surface area contributed by atoms with Crippen molar-refractivity contribution >= 4 is 12.0 Å². The summed E-state index contributed by atoms with van der Waals surface area (Å²) in [5.41, 5.74) is 0.0688. The number of hydrogen-bond donors (Lipinski definition) is 0. The monoisotopic (exact) mass is 278 g/mol. The van der Waals surface area contributed by atoms with E-state index in [-0.39, 0.29) is 17.9 Å². The molecule has 0 N–H and O–H groups in total. The normalized spacial score (nSPS) is 27.1. The Morgan fingerprint density at radius 3 is 2.65 bits per heavy atom. The maximum Gasteiger partial charge on any atom is 0.417 e. The third-order valence-electron chi connectivity index (χ3n) is 3.29. The van der Waals surface area contributed by atoms with Gasteiger partial charge in [0.05, 0.1) is 6.04 Å². The zero-order valence-electron chi connectivity index (χ0n) is 12.7. The third kappa shape index (κ3) is 2.71. The lowest BCUT2D eigenvalue weighted by Crippen LogP contribution is -2.42. The Hall–Kier alpha value is -1.78. The molecule has 0 aromatic rings. The first-order valence-electron chi connectivity index (χ1n) is 6.82. The molecule has 5 nitrogen and oxygen atoms in total. The minimum Gasteiger partial charge on any atom is -0.443 e. The Kier molecular flexibility index (Phi) is 3.63. The van der Waals surface area contributed by atoms with Crippen molar-refractivity contribution in [2.75, 3.05) is 14.1 Å². The van der Waals surface area contributed by atoms with Gasteiger partial charge in [-0.15, -0.1) is 0 Å². The molecule has 110 valence electrons. The molecule has 2 atom stereocenters. The van der Waals surface area contributed by atoms with E-state index in [1.165, 1.54) is 4.90 Å². The van der Waals surface area contributed by atoms with Crippen molar-refractivity contribution in [2.45, 2.75) is 38.8 Å². The topological polar surface area (TPSA) is 49.9 Å². The number of amides is 2. The van der Waals surface area contributed by atoms with Crippen molar-refractivity contribution in [1.82, 2.24) is 9.80 Å². The number of hydrogen-bond acceptors (Lipinski definition) is 4. The fourth-order valence-electron chi connectivity index (χ4n) is 2.59. The quantitative estimate of drug-likeness (QED) is 0.545. The molecule has 1 aliphatic carbocycles. The van der Waals surface area contributed by atoms with Crippen molar-refractivity contribution in [3.05, 3.63) is 23.9 Å².